The van der Waals surface area contributed by atoms with E-state index in [1.165, 1.54) is 10.9 Å². The summed E-state index contributed by atoms with van der Waals surface area (Å²) in [5.74, 6) is -0.656. The molecule has 0 spiro atoms. The van der Waals surface area contributed by atoms with Crippen LogP contribution in [0.25, 0.3) is 11.1 Å². The number of benzene rings is 1. The fourth-order valence-corrected chi connectivity index (χ4v) is 4.32. The Morgan fingerprint density at radius 3 is 2.66 bits per heavy atom. The summed E-state index contributed by atoms with van der Waals surface area (Å²) in [6.45, 7) is 7.33. The summed E-state index contributed by atoms with van der Waals surface area (Å²) >= 11 is 0. The van der Waals surface area contributed by atoms with Gasteiger partial charge in [-0.15, -0.1) is 0 Å². The lowest BCUT2D eigenvalue weighted by Gasteiger charge is -2.24. The molecule has 4 rings (SSSR count). The van der Waals surface area contributed by atoms with Crippen molar-refractivity contribution in [3.8, 4) is 0 Å². The van der Waals surface area contributed by atoms with Gasteiger partial charge in [-0.25, -0.2) is 9.78 Å². The molecule has 0 aliphatic carbocycles. The Morgan fingerprint density at radius 1 is 1.25 bits per heavy atom. The molecule has 0 saturated carbocycles. The number of ketones is 1. The van der Waals surface area contributed by atoms with Gasteiger partial charge in [-0.3, -0.25) is 14.2 Å². The van der Waals surface area contributed by atoms with E-state index in [0.29, 0.717) is 0 Å². The second-order valence-electron chi connectivity index (χ2n) is 8.31. The highest BCUT2D eigenvalue weighted by Crippen LogP contribution is 2.46. The molecule has 2 aromatic heterocycles. The first-order chi connectivity index (χ1) is 15.2. The zero-order valence-electron chi connectivity index (χ0n) is 18.8. The van der Waals surface area contributed by atoms with Crippen molar-refractivity contribution in [1.82, 2.24) is 9.55 Å². The SMILES string of the molecule is CCOC(=O)c1c(C)oc2ncn(CC(=O)/C=C3/N(C)c4ccccc4C3(C)C)c(=O)c12. The van der Waals surface area contributed by atoms with Gasteiger partial charge >= 0.3 is 5.97 Å². The Hall–Kier alpha value is -3.68. The van der Waals surface area contributed by atoms with E-state index in [0.717, 1.165) is 16.9 Å². The molecule has 0 radical (unpaired) electrons. The number of rotatable bonds is 5. The average molecular weight is 435 g/mol. The number of furan rings is 1. The highest BCUT2D eigenvalue weighted by Gasteiger charge is 2.38. The molecule has 0 unspecified atom stereocenters. The predicted octanol–water partition coefficient (Wildman–Crippen LogP) is 3.36. The summed E-state index contributed by atoms with van der Waals surface area (Å²) in [4.78, 5) is 44.5. The number of hydrogen-bond donors (Lipinski definition) is 0. The zero-order valence-corrected chi connectivity index (χ0v) is 18.8. The minimum absolute atomic E-state index is 0.0228. The first kappa shape index (κ1) is 21.5. The number of ether oxygens (including phenoxy) is 1. The quantitative estimate of drug-likeness (QED) is 0.448. The first-order valence-electron chi connectivity index (χ1n) is 10.4. The van der Waals surface area contributed by atoms with Crippen molar-refractivity contribution in [2.75, 3.05) is 18.6 Å². The third kappa shape index (κ3) is 3.32. The van der Waals surface area contributed by atoms with Gasteiger partial charge in [-0.1, -0.05) is 32.0 Å². The number of allylic oxidation sites excluding steroid dienone is 2. The van der Waals surface area contributed by atoms with Gasteiger partial charge in [0.15, 0.2) is 5.78 Å². The van der Waals surface area contributed by atoms with Crippen LogP contribution in [-0.4, -0.2) is 35.0 Å². The number of hydrogen-bond acceptors (Lipinski definition) is 7. The highest BCUT2D eigenvalue weighted by molar-refractivity contribution is 6.03. The number of aryl methyl sites for hydroxylation is 1. The summed E-state index contributed by atoms with van der Waals surface area (Å²) in [6, 6.07) is 8.01. The van der Waals surface area contributed by atoms with Gasteiger partial charge in [0.2, 0.25) is 5.71 Å². The number of esters is 1. The van der Waals surface area contributed by atoms with E-state index in [-0.39, 0.29) is 46.8 Å². The van der Waals surface area contributed by atoms with Gasteiger partial charge < -0.3 is 14.1 Å². The van der Waals surface area contributed by atoms with Crippen molar-refractivity contribution < 1.29 is 18.7 Å². The molecular weight excluding hydrogens is 410 g/mol. The molecule has 3 heterocycles. The lowest BCUT2D eigenvalue weighted by atomic mass is 9.83. The van der Waals surface area contributed by atoms with E-state index in [4.69, 9.17) is 9.15 Å². The molecule has 32 heavy (non-hydrogen) atoms. The number of nitrogens with zero attached hydrogens (tertiary/aromatic N) is 3. The highest BCUT2D eigenvalue weighted by atomic mass is 16.5. The fraction of sp³-hybridized carbons (Fsp3) is 0.333. The van der Waals surface area contributed by atoms with Crippen LogP contribution in [-0.2, 0) is 21.5 Å². The third-order valence-electron chi connectivity index (χ3n) is 5.90. The topological polar surface area (TPSA) is 94.6 Å². The zero-order chi connectivity index (χ0) is 23.2. The number of aromatic nitrogens is 2. The largest absolute Gasteiger partial charge is 0.462 e. The molecular formula is C24H25N3O5. The van der Waals surface area contributed by atoms with E-state index < -0.39 is 11.5 Å². The van der Waals surface area contributed by atoms with Crippen LogP contribution in [0.4, 0.5) is 5.69 Å². The van der Waals surface area contributed by atoms with Gasteiger partial charge in [0, 0.05) is 29.9 Å². The molecule has 0 bridgehead atoms. The molecule has 166 valence electrons. The molecule has 0 fully saturated rings. The molecule has 3 aromatic rings. The average Bonchev–Trinajstić information content (AvgIpc) is 3.18. The molecule has 0 amide bonds. The Morgan fingerprint density at radius 2 is 1.97 bits per heavy atom. The summed E-state index contributed by atoms with van der Waals surface area (Å²) < 4.78 is 11.7. The van der Waals surface area contributed by atoms with Gasteiger partial charge in [-0.2, -0.15) is 0 Å². The molecule has 0 atom stereocenters. The van der Waals surface area contributed by atoms with Crippen LogP contribution in [0, 0.1) is 6.92 Å². The minimum atomic E-state index is -0.652. The van der Waals surface area contributed by atoms with Crippen LogP contribution < -0.4 is 10.5 Å². The number of anilines is 1. The van der Waals surface area contributed by atoms with Crippen molar-refractivity contribution in [3.05, 3.63) is 69.6 Å². The van der Waals surface area contributed by atoms with Crippen molar-refractivity contribution >= 4 is 28.5 Å². The van der Waals surface area contributed by atoms with E-state index in [1.54, 1.807) is 19.9 Å². The number of carbonyl (C=O) groups excluding carboxylic acids is 2. The molecule has 0 N–H and O–H groups in total. The molecule has 8 heteroatoms. The molecule has 8 nitrogen and oxygen atoms in total. The minimum Gasteiger partial charge on any atom is -0.462 e. The van der Waals surface area contributed by atoms with Crippen molar-refractivity contribution in [2.45, 2.75) is 39.7 Å². The monoisotopic (exact) mass is 435 g/mol. The maximum atomic E-state index is 13.1. The van der Waals surface area contributed by atoms with Gasteiger partial charge in [0.25, 0.3) is 5.56 Å². The standard InChI is InChI=1S/C24H25N3O5/c1-6-31-23(30)19-14(2)32-21-20(19)22(29)27(13-25-21)12-15(28)11-18-24(3,4)16-9-7-8-10-17(16)26(18)5/h7-11,13H,6,12H2,1-5H3/b18-11+. The summed E-state index contributed by atoms with van der Waals surface area (Å²) in [5.41, 5.74) is 2.24. The molecule has 1 aromatic carbocycles. The van der Waals surface area contributed by atoms with E-state index in [9.17, 15) is 14.4 Å². The van der Waals surface area contributed by atoms with Crippen LogP contribution >= 0.6 is 0 Å². The lowest BCUT2D eigenvalue weighted by Crippen LogP contribution is -2.27. The van der Waals surface area contributed by atoms with Crippen LogP contribution in [0.3, 0.4) is 0 Å². The Bertz CT molecular complexity index is 1330. The normalized spacial score (nSPS) is 15.9. The second kappa shape index (κ2) is 7.78. The van der Waals surface area contributed by atoms with Gasteiger partial charge in [-0.05, 0) is 25.5 Å². The Balaban J connectivity index is 1.70. The summed E-state index contributed by atoms with van der Waals surface area (Å²) in [7, 11) is 1.92. The maximum Gasteiger partial charge on any atom is 0.342 e. The molecule has 0 saturated heterocycles. The van der Waals surface area contributed by atoms with Crippen LogP contribution in [0.2, 0.25) is 0 Å². The number of para-hydroxylation sites is 1. The Labute approximate surface area is 185 Å². The summed E-state index contributed by atoms with van der Waals surface area (Å²) in [6.07, 6.45) is 2.83. The second-order valence-corrected chi connectivity index (χ2v) is 8.31. The smallest absolute Gasteiger partial charge is 0.342 e. The van der Waals surface area contributed by atoms with Crippen LogP contribution in [0.5, 0.6) is 0 Å². The van der Waals surface area contributed by atoms with Crippen molar-refractivity contribution in [2.24, 2.45) is 0 Å². The lowest BCUT2D eigenvalue weighted by molar-refractivity contribution is -0.115. The van der Waals surface area contributed by atoms with Gasteiger partial charge in [0.05, 0.1) is 13.2 Å². The number of likely N-dealkylation sites (N-methyl/N-ethyl adjacent to an activating group) is 1. The van der Waals surface area contributed by atoms with Crippen LogP contribution in [0.15, 0.2) is 51.6 Å². The summed E-state index contributed by atoms with van der Waals surface area (Å²) in [5, 5.41) is 0.0228. The number of carbonyl (C=O) groups is 2. The first-order valence-corrected chi connectivity index (χ1v) is 10.4. The maximum absolute atomic E-state index is 13.1. The molecule has 1 aliphatic rings. The van der Waals surface area contributed by atoms with Crippen molar-refractivity contribution in [3.63, 3.8) is 0 Å². The fourth-order valence-electron chi connectivity index (χ4n) is 4.32. The van der Waals surface area contributed by atoms with Gasteiger partial charge in [0.1, 0.15) is 23.0 Å². The number of fused-ring (bicyclic) bond motifs is 2. The molecule has 1 aliphatic heterocycles. The van der Waals surface area contributed by atoms with E-state index in [2.05, 4.69) is 24.9 Å². The predicted molar refractivity (Wildman–Crippen MR) is 120 cm³/mol. The van der Waals surface area contributed by atoms with E-state index >= 15 is 0 Å². The third-order valence-corrected chi connectivity index (χ3v) is 5.90. The van der Waals surface area contributed by atoms with Crippen LogP contribution in [0.1, 0.15) is 42.5 Å². The van der Waals surface area contributed by atoms with E-state index in [1.807, 2.05) is 30.1 Å². The van der Waals surface area contributed by atoms with Crippen molar-refractivity contribution in [1.29, 1.82) is 0 Å². The Kier molecular flexibility index (Phi) is 5.24.